The number of carbonyl (C=O) groups is 2. The molecule has 148 valence electrons. The molecule has 1 heterocycles. The van der Waals surface area contributed by atoms with Crippen molar-refractivity contribution in [1.82, 2.24) is 0 Å². The van der Waals surface area contributed by atoms with Crippen molar-refractivity contribution in [1.29, 1.82) is 0 Å². The number of anilines is 1. The molecule has 0 aliphatic carbocycles. The van der Waals surface area contributed by atoms with Crippen molar-refractivity contribution >= 4 is 39.2 Å². The van der Waals surface area contributed by atoms with E-state index in [0.717, 1.165) is 10.5 Å². The molecule has 0 saturated heterocycles. The van der Waals surface area contributed by atoms with E-state index in [2.05, 4.69) is 0 Å². The first-order valence-electron chi connectivity index (χ1n) is 8.83. The number of benzene rings is 2. The third-order valence-corrected chi connectivity index (χ3v) is 7.14. The zero-order valence-corrected chi connectivity index (χ0v) is 17.3. The summed E-state index contributed by atoms with van der Waals surface area (Å²) in [5.41, 5.74) is 2.21. The third kappa shape index (κ3) is 4.23. The number of carbonyl (C=O) groups excluding carboxylic acids is 2. The summed E-state index contributed by atoms with van der Waals surface area (Å²) < 4.78 is 30.8. The summed E-state index contributed by atoms with van der Waals surface area (Å²) >= 11 is 1.57. The van der Waals surface area contributed by atoms with E-state index in [0.29, 0.717) is 29.8 Å². The number of esters is 1. The van der Waals surface area contributed by atoms with Crippen LogP contribution in [0.2, 0.25) is 0 Å². The Morgan fingerprint density at radius 2 is 1.79 bits per heavy atom. The Morgan fingerprint density at radius 3 is 2.43 bits per heavy atom. The molecule has 0 atom stereocenters. The topological polar surface area (TPSA) is 80.8 Å². The molecule has 2 aromatic carbocycles. The SMILES string of the molecule is CCS(=O)(=O)N1CCc2cc(C(=O)COC(=O)c3ccc(SC)cc3)ccc21. The second-order valence-electron chi connectivity index (χ2n) is 6.29. The molecule has 0 fully saturated rings. The fraction of sp³-hybridized carbons (Fsp3) is 0.300. The van der Waals surface area contributed by atoms with Crippen LogP contribution in [0.3, 0.4) is 0 Å². The molecular formula is C20H21NO5S2. The van der Waals surface area contributed by atoms with E-state index in [1.807, 2.05) is 18.4 Å². The lowest BCUT2D eigenvalue weighted by molar-refractivity contribution is 0.0474. The highest BCUT2D eigenvalue weighted by Crippen LogP contribution is 2.31. The summed E-state index contributed by atoms with van der Waals surface area (Å²) in [7, 11) is -3.32. The molecule has 1 aliphatic rings. The predicted molar refractivity (Wildman–Crippen MR) is 110 cm³/mol. The molecular weight excluding hydrogens is 398 g/mol. The molecule has 3 rings (SSSR count). The average molecular weight is 420 g/mol. The van der Waals surface area contributed by atoms with Gasteiger partial charge in [0.2, 0.25) is 10.0 Å². The highest BCUT2D eigenvalue weighted by molar-refractivity contribution is 7.98. The van der Waals surface area contributed by atoms with Crippen molar-refractivity contribution in [3.63, 3.8) is 0 Å². The van der Waals surface area contributed by atoms with Crippen molar-refractivity contribution in [2.24, 2.45) is 0 Å². The van der Waals surface area contributed by atoms with Gasteiger partial charge >= 0.3 is 5.97 Å². The van der Waals surface area contributed by atoms with Gasteiger partial charge in [-0.15, -0.1) is 11.8 Å². The summed E-state index contributed by atoms with van der Waals surface area (Å²) in [6.07, 6.45) is 2.50. The normalized spacial score (nSPS) is 13.3. The Morgan fingerprint density at radius 1 is 1.11 bits per heavy atom. The fourth-order valence-corrected chi connectivity index (χ4v) is 4.58. The molecule has 1 aliphatic heterocycles. The molecule has 0 aromatic heterocycles. The van der Waals surface area contributed by atoms with Gasteiger partial charge in [-0.1, -0.05) is 0 Å². The summed E-state index contributed by atoms with van der Waals surface area (Å²) in [6, 6.07) is 11.9. The fourth-order valence-electron chi connectivity index (χ4n) is 3.01. The van der Waals surface area contributed by atoms with Crippen LogP contribution < -0.4 is 4.31 Å². The number of hydrogen-bond acceptors (Lipinski definition) is 6. The quantitative estimate of drug-likeness (QED) is 0.390. The highest BCUT2D eigenvalue weighted by atomic mass is 32.2. The van der Waals surface area contributed by atoms with Gasteiger partial charge in [0.1, 0.15) is 0 Å². The number of hydrogen-bond donors (Lipinski definition) is 0. The van der Waals surface area contributed by atoms with Gasteiger partial charge in [0.15, 0.2) is 12.4 Å². The third-order valence-electron chi connectivity index (χ3n) is 4.62. The van der Waals surface area contributed by atoms with E-state index >= 15 is 0 Å². The number of ether oxygens (including phenoxy) is 1. The largest absolute Gasteiger partial charge is 0.454 e. The first-order chi connectivity index (χ1) is 13.4. The van der Waals surface area contributed by atoms with Crippen LogP contribution in [0.25, 0.3) is 0 Å². The Hall–Kier alpha value is -2.32. The average Bonchev–Trinajstić information content (AvgIpc) is 3.16. The molecule has 0 radical (unpaired) electrons. The van der Waals surface area contributed by atoms with Gasteiger partial charge in [-0.3, -0.25) is 9.10 Å². The molecule has 0 N–H and O–H groups in total. The van der Waals surface area contributed by atoms with E-state index in [-0.39, 0.29) is 18.1 Å². The van der Waals surface area contributed by atoms with Crippen molar-refractivity contribution in [3.05, 3.63) is 59.2 Å². The molecule has 0 spiro atoms. The van der Waals surface area contributed by atoms with Gasteiger partial charge in [0.05, 0.1) is 17.0 Å². The molecule has 6 nitrogen and oxygen atoms in total. The van der Waals surface area contributed by atoms with Crippen molar-refractivity contribution in [3.8, 4) is 0 Å². The minimum Gasteiger partial charge on any atom is -0.454 e. The van der Waals surface area contributed by atoms with Gasteiger partial charge < -0.3 is 4.74 Å². The second kappa shape index (κ2) is 8.36. The van der Waals surface area contributed by atoms with Crippen LogP contribution >= 0.6 is 11.8 Å². The van der Waals surface area contributed by atoms with E-state index in [1.54, 1.807) is 49.0 Å². The van der Waals surface area contributed by atoms with Gasteiger partial charge in [-0.2, -0.15) is 0 Å². The minimum absolute atomic E-state index is 0.0288. The smallest absolute Gasteiger partial charge is 0.338 e. The van der Waals surface area contributed by atoms with Crippen molar-refractivity contribution < 1.29 is 22.7 Å². The van der Waals surface area contributed by atoms with Crippen molar-refractivity contribution in [2.75, 3.05) is 29.5 Å². The lowest BCUT2D eigenvalue weighted by Gasteiger charge is -2.18. The second-order valence-corrected chi connectivity index (χ2v) is 9.36. The van der Waals surface area contributed by atoms with Gasteiger partial charge in [0.25, 0.3) is 0 Å². The van der Waals surface area contributed by atoms with Crippen LogP contribution in [-0.4, -0.2) is 45.3 Å². The maximum atomic E-state index is 12.4. The molecule has 28 heavy (non-hydrogen) atoms. The number of thioether (sulfide) groups is 1. The summed E-state index contributed by atoms with van der Waals surface area (Å²) in [4.78, 5) is 25.5. The van der Waals surface area contributed by atoms with Crippen LogP contribution in [0.1, 0.15) is 33.2 Å². The number of sulfonamides is 1. The number of rotatable bonds is 7. The summed E-state index contributed by atoms with van der Waals surface area (Å²) in [5.74, 6) is -0.850. The number of fused-ring (bicyclic) bond motifs is 1. The molecule has 2 aromatic rings. The first-order valence-corrected chi connectivity index (χ1v) is 11.7. The standard InChI is InChI=1S/C20H21NO5S2/c1-3-28(24,25)21-11-10-15-12-16(6-9-18(15)21)19(22)13-26-20(23)14-4-7-17(27-2)8-5-14/h4-9,12H,3,10-11,13H2,1-2H3. The summed E-state index contributed by atoms with van der Waals surface area (Å²) in [5, 5.41) is 0. The lowest BCUT2D eigenvalue weighted by atomic mass is 10.1. The number of Topliss-reactive ketones (excluding diaryl/α,β-unsaturated/α-hetero) is 1. The zero-order chi connectivity index (χ0) is 20.3. The monoisotopic (exact) mass is 419 g/mol. The molecule has 0 unspecified atom stereocenters. The van der Waals surface area contributed by atoms with E-state index in [1.165, 1.54) is 4.31 Å². The van der Waals surface area contributed by atoms with E-state index in [9.17, 15) is 18.0 Å². The molecule has 0 bridgehead atoms. The zero-order valence-electron chi connectivity index (χ0n) is 15.7. The predicted octanol–water partition coefficient (Wildman–Crippen LogP) is 3.16. The Labute approximate surface area is 168 Å². The van der Waals surface area contributed by atoms with Crippen LogP contribution in [0.15, 0.2) is 47.4 Å². The Balaban J connectivity index is 1.66. The number of ketones is 1. The van der Waals surface area contributed by atoms with Crippen LogP contribution in [0, 0.1) is 0 Å². The Kier molecular flexibility index (Phi) is 6.10. The van der Waals surface area contributed by atoms with E-state index < -0.39 is 16.0 Å². The maximum Gasteiger partial charge on any atom is 0.338 e. The van der Waals surface area contributed by atoms with Crippen LogP contribution in [0.5, 0.6) is 0 Å². The highest BCUT2D eigenvalue weighted by Gasteiger charge is 2.28. The van der Waals surface area contributed by atoms with Crippen molar-refractivity contribution in [2.45, 2.75) is 18.2 Å². The number of nitrogens with zero attached hydrogens (tertiary/aromatic N) is 1. The van der Waals surface area contributed by atoms with Gasteiger partial charge in [-0.05, 0) is 67.6 Å². The lowest BCUT2D eigenvalue weighted by Crippen LogP contribution is -2.30. The molecule has 0 amide bonds. The van der Waals surface area contributed by atoms with Gasteiger partial charge in [0, 0.05) is 17.0 Å². The minimum atomic E-state index is -3.32. The van der Waals surface area contributed by atoms with Crippen LogP contribution in [-0.2, 0) is 21.2 Å². The Bertz CT molecular complexity index is 1000. The molecule has 0 saturated carbocycles. The summed E-state index contributed by atoms with van der Waals surface area (Å²) in [6.45, 7) is 1.62. The van der Waals surface area contributed by atoms with Gasteiger partial charge in [-0.25, -0.2) is 13.2 Å². The molecule has 8 heteroatoms. The van der Waals surface area contributed by atoms with E-state index in [4.69, 9.17) is 4.74 Å². The first kappa shape index (κ1) is 20.4. The van der Waals surface area contributed by atoms with Crippen LogP contribution in [0.4, 0.5) is 5.69 Å². The maximum absolute atomic E-state index is 12.4.